The lowest BCUT2D eigenvalue weighted by Crippen LogP contribution is -2.04. The first kappa shape index (κ1) is 8.74. The third-order valence-corrected chi connectivity index (χ3v) is 2.49. The average molecular weight is 241 g/mol. The molecule has 0 spiro atoms. The second kappa shape index (κ2) is 3.49. The normalized spacial score (nSPS) is 10.9. The van der Waals surface area contributed by atoms with E-state index < -0.39 is 0 Å². The number of hydroxylamine groups is 1. The molecule has 0 saturated carbocycles. The maximum absolute atomic E-state index is 8.58. The van der Waals surface area contributed by atoms with Crippen LogP contribution >= 0.6 is 15.9 Å². The van der Waals surface area contributed by atoms with E-state index in [2.05, 4.69) is 26.4 Å². The molecule has 3 nitrogen and oxygen atoms in total. The number of H-pyrrole nitrogens is 1. The third-order valence-electron chi connectivity index (χ3n) is 2.00. The summed E-state index contributed by atoms with van der Waals surface area (Å²) in [5.74, 6) is 0. The molecule has 0 unspecified atom stereocenters. The van der Waals surface area contributed by atoms with Crippen molar-refractivity contribution >= 4 is 26.8 Å². The van der Waals surface area contributed by atoms with Crippen LogP contribution in [0.2, 0.25) is 0 Å². The fourth-order valence-electron chi connectivity index (χ4n) is 1.39. The topological polar surface area (TPSA) is 48.0 Å². The van der Waals surface area contributed by atoms with E-state index in [9.17, 15) is 0 Å². The van der Waals surface area contributed by atoms with Crippen LogP contribution in [0.25, 0.3) is 10.9 Å². The van der Waals surface area contributed by atoms with Crippen LogP contribution in [0.4, 0.5) is 0 Å². The molecule has 0 bridgehead atoms. The van der Waals surface area contributed by atoms with Crippen molar-refractivity contribution in [3.8, 4) is 0 Å². The van der Waals surface area contributed by atoms with Crippen LogP contribution in [0.1, 0.15) is 5.56 Å². The molecule has 13 heavy (non-hydrogen) atoms. The zero-order chi connectivity index (χ0) is 9.26. The minimum absolute atomic E-state index is 0.460. The van der Waals surface area contributed by atoms with E-state index >= 15 is 0 Å². The van der Waals surface area contributed by atoms with Crippen molar-refractivity contribution in [1.29, 1.82) is 0 Å². The number of rotatable bonds is 2. The Labute approximate surface area is 83.9 Å². The molecular formula is C9H9BrN2O. The molecule has 0 aliphatic heterocycles. The van der Waals surface area contributed by atoms with Gasteiger partial charge >= 0.3 is 0 Å². The van der Waals surface area contributed by atoms with Crippen LogP contribution in [-0.2, 0) is 6.54 Å². The summed E-state index contributed by atoms with van der Waals surface area (Å²) in [5, 5.41) is 9.71. The highest BCUT2D eigenvalue weighted by atomic mass is 79.9. The van der Waals surface area contributed by atoms with E-state index in [0.717, 1.165) is 20.9 Å². The zero-order valence-electron chi connectivity index (χ0n) is 6.84. The number of hydrogen-bond acceptors (Lipinski definition) is 2. The number of aromatic amines is 1. The largest absolute Gasteiger partial charge is 0.361 e. The molecule has 0 saturated heterocycles. The van der Waals surface area contributed by atoms with Gasteiger partial charge in [-0.2, -0.15) is 0 Å². The summed E-state index contributed by atoms with van der Waals surface area (Å²) in [6.07, 6.45) is 1.89. The lowest BCUT2D eigenvalue weighted by molar-refractivity contribution is 0.161. The number of fused-ring (bicyclic) bond motifs is 1. The molecule has 4 heteroatoms. The van der Waals surface area contributed by atoms with E-state index in [1.807, 2.05) is 24.4 Å². The number of benzene rings is 1. The Balaban J connectivity index is 2.55. The van der Waals surface area contributed by atoms with Gasteiger partial charge < -0.3 is 10.2 Å². The minimum atomic E-state index is 0.460. The fraction of sp³-hybridized carbons (Fsp3) is 0.111. The van der Waals surface area contributed by atoms with Gasteiger partial charge in [-0.05, 0) is 17.7 Å². The summed E-state index contributed by atoms with van der Waals surface area (Å²) in [4.78, 5) is 3.13. The number of aromatic nitrogens is 1. The molecule has 0 atom stereocenters. The highest BCUT2D eigenvalue weighted by Gasteiger charge is 2.02. The predicted molar refractivity (Wildman–Crippen MR) is 54.6 cm³/mol. The van der Waals surface area contributed by atoms with Crippen molar-refractivity contribution in [3.63, 3.8) is 0 Å². The van der Waals surface area contributed by atoms with Gasteiger partial charge in [0, 0.05) is 28.1 Å². The highest BCUT2D eigenvalue weighted by molar-refractivity contribution is 9.10. The van der Waals surface area contributed by atoms with Gasteiger partial charge in [0.1, 0.15) is 0 Å². The van der Waals surface area contributed by atoms with Crippen LogP contribution in [0.5, 0.6) is 0 Å². The minimum Gasteiger partial charge on any atom is -0.361 e. The van der Waals surface area contributed by atoms with Crippen molar-refractivity contribution in [2.45, 2.75) is 6.54 Å². The lowest BCUT2D eigenvalue weighted by atomic mass is 10.2. The van der Waals surface area contributed by atoms with Gasteiger partial charge in [-0.25, -0.2) is 5.48 Å². The fourth-order valence-corrected chi connectivity index (χ4v) is 1.75. The maximum Gasteiger partial charge on any atom is 0.0479 e. The Hall–Kier alpha value is -0.840. The van der Waals surface area contributed by atoms with Crippen LogP contribution in [-0.4, -0.2) is 10.2 Å². The zero-order valence-corrected chi connectivity index (χ0v) is 8.43. The average Bonchev–Trinajstić information content (AvgIpc) is 2.49. The molecule has 1 aromatic carbocycles. The summed E-state index contributed by atoms with van der Waals surface area (Å²) in [6, 6.07) is 6.01. The summed E-state index contributed by atoms with van der Waals surface area (Å²) in [6.45, 7) is 0.460. The van der Waals surface area contributed by atoms with Crippen LogP contribution in [0.15, 0.2) is 28.9 Å². The van der Waals surface area contributed by atoms with Gasteiger partial charge in [0.2, 0.25) is 0 Å². The smallest absolute Gasteiger partial charge is 0.0479 e. The lowest BCUT2D eigenvalue weighted by Gasteiger charge is -1.96. The molecular weight excluding hydrogens is 232 g/mol. The molecule has 2 aromatic rings. The van der Waals surface area contributed by atoms with Gasteiger partial charge in [-0.1, -0.05) is 22.0 Å². The molecule has 1 heterocycles. The molecule has 0 aliphatic rings. The van der Waals surface area contributed by atoms with Crippen molar-refractivity contribution < 1.29 is 5.21 Å². The second-order valence-corrected chi connectivity index (χ2v) is 3.75. The van der Waals surface area contributed by atoms with Crippen LogP contribution in [0.3, 0.4) is 0 Å². The predicted octanol–water partition coefficient (Wildman–Crippen LogP) is 2.41. The molecule has 0 aliphatic carbocycles. The Kier molecular flexibility index (Phi) is 2.35. The van der Waals surface area contributed by atoms with Gasteiger partial charge in [0.05, 0.1) is 0 Å². The van der Waals surface area contributed by atoms with Gasteiger partial charge in [0.25, 0.3) is 0 Å². The Morgan fingerprint density at radius 3 is 3.08 bits per heavy atom. The highest BCUT2D eigenvalue weighted by Crippen LogP contribution is 2.21. The van der Waals surface area contributed by atoms with Crippen molar-refractivity contribution in [3.05, 3.63) is 34.4 Å². The maximum atomic E-state index is 8.58. The first-order valence-electron chi connectivity index (χ1n) is 3.94. The molecule has 3 N–H and O–H groups in total. The molecule has 1 aromatic heterocycles. The van der Waals surface area contributed by atoms with Crippen LogP contribution in [0, 0.1) is 0 Å². The Morgan fingerprint density at radius 1 is 1.46 bits per heavy atom. The van der Waals surface area contributed by atoms with E-state index in [0.29, 0.717) is 6.54 Å². The summed E-state index contributed by atoms with van der Waals surface area (Å²) < 4.78 is 1.05. The van der Waals surface area contributed by atoms with E-state index in [-0.39, 0.29) is 0 Å². The van der Waals surface area contributed by atoms with E-state index in [1.54, 1.807) is 0 Å². The monoisotopic (exact) mass is 240 g/mol. The van der Waals surface area contributed by atoms with Crippen LogP contribution < -0.4 is 5.48 Å². The third kappa shape index (κ3) is 1.60. The van der Waals surface area contributed by atoms with Gasteiger partial charge in [-0.3, -0.25) is 0 Å². The van der Waals surface area contributed by atoms with Crippen molar-refractivity contribution in [1.82, 2.24) is 10.5 Å². The molecule has 68 valence electrons. The summed E-state index contributed by atoms with van der Waals surface area (Å²) in [7, 11) is 0. The molecule has 0 radical (unpaired) electrons. The van der Waals surface area contributed by atoms with Gasteiger partial charge in [-0.15, -0.1) is 0 Å². The number of halogens is 1. The molecule has 0 amide bonds. The van der Waals surface area contributed by atoms with Crippen molar-refractivity contribution in [2.75, 3.05) is 0 Å². The number of nitrogens with one attached hydrogen (secondary N) is 2. The van der Waals surface area contributed by atoms with E-state index in [4.69, 9.17) is 5.21 Å². The second-order valence-electron chi connectivity index (χ2n) is 2.84. The van der Waals surface area contributed by atoms with Gasteiger partial charge in [0.15, 0.2) is 0 Å². The first-order valence-corrected chi connectivity index (χ1v) is 4.73. The molecule has 2 rings (SSSR count). The SMILES string of the molecule is ONCc1c[nH]c2cc(Br)ccc12. The van der Waals surface area contributed by atoms with Crippen molar-refractivity contribution in [2.24, 2.45) is 0 Å². The number of hydrogen-bond donors (Lipinski definition) is 3. The Morgan fingerprint density at radius 2 is 2.31 bits per heavy atom. The first-order chi connectivity index (χ1) is 6.31. The summed E-state index contributed by atoms with van der Waals surface area (Å²) in [5.41, 5.74) is 4.27. The Bertz CT molecular complexity index is 424. The standard InChI is InChI=1S/C9H9BrN2O/c10-7-1-2-8-6(5-12-13)4-11-9(8)3-7/h1-4,11-13H,5H2. The van der Waals surface area contributed by atoms with E-state index in [1.165, 1.54) is 0 Å². The summed E-state index contributed by atoms with van der Waals surface area (Å²) >= 11 is 3.40. The molecule has 0 fully saturated rings. The quantitative estimate of drug-likeness (QED) is 0.707.